The van der Waals surface area contributed by atoms with Gasteiger partial charge in [-0.15, -0.1) is 0 Å². The minimum absolute atomic E-state index is 0.0601. The van der Waals surface area contributed by atoms with Crippen LogP contribution in [0.5, 0.6) is 0 Å². The van der Waals surface area contributed by atoms with Gasteiger partial charge in [-0.1, -0.05) is 6.07 Å². The van der Waals surface area contributed by atoms with Gasteiger partial charge in [0.2, 0.25) is 5.95 Å². The molecule has 1 aliphatic rings. The SMILES string of the molecule is O=C(c1cc(NCc2ccccn2)ccn1)N1CCN(c2ncccn2)CC1. The molecule has 0 saturated carbocycles. The summed E-state index contributed by atoms with van der Waals surface area (Å²) < 4.78 is 0. The highest BCUT2D eigenvalue weighted by Gasteiger charge is 2.24. The summed E-state index contributed by atoms with van der Waals surface area (Å²) in [5.41, 5.74) is 2.22. The second-order valence-electron chi connectivity index (χ2n) is 6.43. The predicted octanol–water partition coefficient (Wildman–Crippen LogP) is 1.84. The molecule has 8 nitrogen and oxygen atoms in total. The minimum atomic E-state index is -0.0601. The van der Waals surface area contributed by atoms with Crippen LogP contribution in [0, 0.1) is 0 Å². The van der Waals surface area contributed by atoms with Gasteiger partial charge >= 0.3 is 0 Å². The Morgan fingerprint density at radius 2 is 1.68 bits per heavy atom. The Morgan fingerprint density at radius 3 is 2.43 bits per heavy atom. The number of pyridine rings is 2. The van der Waals surface area contributed by atoms with Crippen LogP contribution in [0.15, 0.2) is 61.2 Å². The van der Waals surface area contributed by atoms with Gasteiger partial charge in [0.15, 0.2) is 0 Å². The van der Waals surface area contributed by atoms with E-state index in [0.717, 1.165) is 11.4 Å². The molecule has 1 N–H and O–H groups in total. The van der Waals surface area contributed by atoms with Crippen LogP contribution in [0.4, 0.5) is 11.6 Å². The van der Waals surface area contributed by atoms with Crippen molar-refractivity contribution in [1.29, 1.82) is 0 Å². The summed E-state index contributed by atoms with van der Waals surface area (Å²) in [6.07, 6.45) is 6.88. The van der Waals surface area contributed by atoms with Crippen LogP contribution >= 0.6 is 0 Å². The Morgan fingerprint density at radius 1 is 0.893 bits per heavy atom. The molecular formula is C20H21N7O. The van der Waals surface area contributed by atoms with Gasteiger partial charge in [-0.3, -0.25) is 14.8 Å². The number of amides is 1. The molecular weight excluding hydrogens is 354 g/mol. The molecule has 3 aromatic heterocycles. The minimum Gasteiger partial charge on any atom is -0.379 e. The lowest BCUT2D eigenvalue weighted by Crippen LogP contribution is -2.49. The van der Waals surface area contributed by atoms with Crippen LogP contribution in [-0.4, -0.2) is 56.9 Å². The summed E-state index contributed by atoms with van der Waals surface area (Å²) in [5, 5.41) is 3.29. The van der Waals surface area contributed by atoms with Gasteiger partial charge in [0.25, 0.3) is 5.91 Å². The zero-order chi connectivity index (χ0) is 19.2. The molecule has 0 spiro atoms. The van der Waals surface area contributed by atoms with Crippen molar-refractivity contribution < 1.29 is 4.79 Å². The monoisotopic (exact) mass is 375 g/mol. The maximum absolute atomic E-state index is 12.8. The maximum atomic E-state index is 12.8. The van der Waals surface area contributed by atoms with Crippen molar-refractivity contribution in [1.82, 2.24) is 24.8 Å². The van der Waals surface area contributed by atoms with E-state index in [-0.39, 0.29) is 5.91 Å². The van der Waals surface area contributed by atoms with E-state index in [1.54, 1.807) is 36.9 Å². The van der Waals surface area contributed by atoms with Crippen LogP contribution in [0.3, 0.4) is 0 Å². The number of hydrogen-bond donors (Lipinski definition) is 1. The summed E-state index contributed by atoms with van der Waals surface area (Å²) in [4.78, 5) is 33.8. The molecule has 0 radical (unpaired) electrons. The highest BCUT2D eigenvalue weighted by molar-refractivity contribution is 5.93. The molecule has 0 unspecified atom stereocenters. The maximum Gasteiger partial charge on any atom is 0.272 e. The zero-order valence-corrected chi connectivity index (χ0v) is 15.4. The third kappa shape index (κ3) is 4.22. The third-order valence-electron chi connectivity index (χ3n) is 4.58. The van der Waals surface area contributed by atoms with Crippen molar-refractivity contribution in [3.8, 4) is 0 Å². The summed E-state index contributed by atoms with van der Waals surface area (Å²) >= 11 is 0. The summed E-state index contributed by atoms with van der Waals surface area (Å²) in [5.74, 6) is 0.642. The highest BCUT2D eigenvalue weighted by atomic mass is 16.2. The summed E-state index contributed by atoms with van der Waals surface area (Å²) in [7, 11) is 0. The Balaban J connectivity index is 1.36. The van der Waals surface area contributed by atoms with E-state index in [4.69, 9.17) is 0 Å². The van der Waals surface area contributed by atoms with Gasteiger partial charge in [-0.25, -0.2) is 9.97 Å². The molecule has 0 aromatic carbocycles. The van der Waals surface area contributed by atoms with Gasteiger partial charge in [0.1, 0.15) is 5.69 Å². The first kappa shape index (κ1) is 17.8. The molecule has 1 amide bonds. The second kappa shape index (κ2) is 8.43. The molecule has 1 saturated heterocycles. The number of nitrogens with zero attached hydrogens (tertiary/aromatic N) is 6. The molecule has 0 aliphatic carbocycles. The first-order valence-corrected chi connectivity index (χ1v) is 9.21. The van der Waals surface area contributed by atoms with Crippen LogP contribution in [0.1, 0.15) is 16.2 Å². The molecule has 8 heteroatoms. The lowest BCUT2D eigenvalue weighted by atomic mass is 10.2. The van der Waals surface area contributed by atoms with Gasteiger partial charge in [0.05, 0.1) is 12.2 Å². The first-order chi connectivity index (χ1) is 13.8. The lowest BCUT2D eigenvalue weighted by molar-refractivity contribution is 0.0740. The molecule has 28 heavy (non-hydrogen) atoms. The molecule has 1 aliphatic heterocycles. The fourth-order valence-electron chi connectivity index (χ4n) is 3.08. The lowest BCUT2D eigenvalue weighted by Gasteiger charge is -2.34. The van der Waals surface area contributed by atoms with Crippen molar-refractivity contribution >= 4 is 17.5 Å². The topological polar surface area (TPSA) is 87.1 Å². The van der Waals surface area contributed by atoms with Crippen molar-refractivity contribution in [2.24, 2.45) is 0 Å². The van der Waals surface area contributed by atoms with E-state index in [9.17, 15) is 4.79 Å². The Labute approximate surface area is 163 Å². The van der Waals surface area contributed by atoms with Gasteiger partial charge in [-0.2, -0.15) is 0 Å². The number of piperazine rings is 1. The Kier molecular flexibility index (Phi) is 5.37. The third-order valence-corrected chi connectivity index (χ3v) is 4.58. The standard InChI is InChI=1S/C20H21N7O/c28-19(26-10-12-27(13-11-26)20-23-7-3-8-24-20)18-14-16(5-9-22-18)25-15-17-4-1-2-6-21-17/h1-9,14H,10-13,15H2,(H,22,25). The first-order valence-electron chi connectivity index (χ1n) is 9.21. The van der Waals surface area contributed by atoms with E-state index in [1.165, 1.54) is 0 Å². The molecule has 4 heterocycles. The average molecular weight is 375 g/mol. The van der Waals surface area contributed by atoms with Crippen molar-refractivity contribution in [2.45, 2.75) is 6.54 Å². The highest BCUT2D eigenvalue weighted by Crippen LogP contribution is 2.14. The van der Waals surface area contributed by atoms with E-state index >= 15 is 0 Å². The van der Waals surface area contributed by atoms with E-state index in [0.29, 0.717) is 44.4 Å². The van der Waals surface area contributed by atoms with Crippen LogP contribution in [0.2, 0.25) is 0 Å². The fraction of sp³-hybridized carbons (Fsp3) is 0.250. The van der Waals surface area contributed by atoms with E-state index in [2.05, 4.69) is 30.2 Å². The molecule has 0 bridgehead atoms. The number of aromatic nitrogens is 4. The van der Waals surface area contributed by atoms with Crippen LogP contribution < -0.4 is 10.2 Å². The molecule has 0 atom stereocenters. The quantitative estimate of drug-likeness (QED) is 0.728. The Hall–Kier alpha value is -3.55. The molecule has 142 valence electrons. The summed E-state index contributed by atoms with van der Waals surface area (Å²) in [6.45, 7) is 3.23. The second-order valence-corrected chi connectivity index (χ2v) is 6.43. The van der Waals surface area contributed by atoms with Gasteiger partial charge < -0.3 is 15.1 Å². The van der Waals surface area contributed by atoms with Crippen LogP contribution in [0.25, 0.3) is 0 Å². The van der Waals surface area contributed by atoms with E-state index in [1.807, 2.05) is 29.2 Å². The number of carbonyl (C=O) groups is 1. The molecule has 3 aromatic rings. The molecule has 1 fully saturated rings. The Bertz CT molecular complexity index is 912. The largest absolute Gasteiger partial charge is 0.379 e. The number of carbonyl (C=O) groups excluding carboxylic acids is 1. The van der Waals surface area contributed by atoms with Gasteiger partial charge in [0, 0.05) is 56.7 Å². The normalized spacial score (nSPS) is 14.0. The predicted molar refractivity (Wildman–Crippen MR) is 106 cm³/mol. The smallest absolute Gasteiger partial charge is 0.272 e. The number of hydrogen-bond acceptors (Lipinski definition) is 7. The van der Waals surface area contributed by atoms with Gasteiger partial charge in [-0.05, 0) is 30.3 Å². The summed E-state index contributed by atoms with van der Waals surface area (Å²) in [6, 6.07) is 11.2. The molecule has 4 rings (SSSR count). The average Bonchev–Trinajstić information content (AvgIpc) is 2.79. The zero-order valence-electron chi connectivity index (χ0n) is 15.4. The number of nitrogens with one attached hydrogen (secondary N) is 1. The fourth-order valence-corrected chi connectivity index (χ4v) is 3.08. The van der Waals surface area contributed by atoms with Crippen LogP contribution in [-0.2, 0) is 6.54 Å². The number of anilines is 2. The van der Waals surface area contributed by atoms with E-state index < -0.39 is 0 Å². The van der Waals surface area contributed by atoms with Crippen molar-refractivity contribution in [2.75, 3.05) is 36.4 Å². The number of rotatable bonds is 5. The van der Waals surface area contributed by atoms with Crippen molar-refractivity contribution in [3.63, 3.8) is 0 Å². The van der Waals surface area contributed by atoms with Crippen molar-refractivity contribution in [3.05, 3.63) is 72.6 Å².